The van der Waals surface area contributed by atoms with E-state index in [2.05, 4.69) is 15.9 Å². The Morgan fingerprint density at radius 1 is 1.15 bits per heavy atom. The molecule has 20 heavy (non-hydrogen) atoms. The number of nitrogens with two attached hydrogens (primary N) is 1. The largest absolute Gasteiger partial charge is 0.493 e. The van der Waals surface area contributed by atoms with Crippen molar-refractivity contribution in [2.75, 3.05) is 18.1 Å². The molecular weight excluding hydrogens is 338 g/mol. The first kappa shape index (κ1) is 15.1. The van der Waals surface area contributed by atoms with E-state index >= 15 is 0 Å². The van der Waals surface area contributed by atoms with Gasteiger partial charge >= 0.3 is 0 Å². The molecule has 0 aliphatic carbocycles. The molecule has 0 aromatic heterocycles. The van der Waals surface area contributed by atoms with Gasteiger partial charge in [-0.3, -0.25) is 4.21 Å². The first-order valence-corrected chi connectivity index (χ1v) is 8.39. The number of benzene rings is 2. The molecule has 0 spiro atoms. The number of rotatable bonds is 6. The Kier molecular flexibility index (Phi) is 5.61. The molecule has 5 heteroatoms. The maximum atomic E-state index is 12.1. The number of nitrogen functional groups attached to an aromatic ring is 1. The Hall–Kier alpha value is -1.33. The van der Waals surface area contributed by atoms with Crippen LogP contribution >= 0.6 is 15.9 Å². The molecule has 0 saturated carbocycles. The predicted octanol–water partition coefficient (Wildman–Crippen LogP) is 3.61. The van der Waals surface area contributed by atoms with Crippen molar-refractivity contribution in [1.29, 1.82) is 0 Å². The van der Waals surface area contributed by atoms with Crippen molar-refractivity contribution in [3.8, 4) is 5.75 Å². The molecule has 0 fully saturated rings. The third kappa shape index (κ3) is 4.35. The van der Waals surface area contributed by atoms with Crippen LogP contribution in [0.4, 0.5) is 5.69 Å². The molecule has 0 heterocycles. The van der Waals surface area contributed by atoms with Crippen LogP contribution in [-0.2, 0) is 10.8 Å². The fourth-order valence-electron chi connectivity index (χ4n) is 1.72. The molecule has 106 valence electrons. The van der Waals surface area contributed by atoms with Gasteiger partial charge in [0, 0.05) is 22.0 Å². The standard InChI is InChI=1S/C15H16BrNO2S/c16-14-7-1-2-8-15(14)20(18)10-4-9-19-13-6-3-5-12(17)11-13/h1-3,5-8,11H,4,9-10,17H2. The number of anilines is 1. The number of ether oxygens (including phenoxy) is 1. The quantitative estimate of drug-likeness (QED) is 0.637. The number of hydrogen-bond donors (Lipinski definition) is 1. The highest BCUT2D eigenvalue weighted by Gasteiger charge is 2.07. The molecule has 2 N–H and O–H groups in total. The van der Waals surface area contributed by atoms with Gasteiger partial charge < -0.3 is 10.5 Å². The summed E-state index contributed by atoms with van der Waals surface area (Å²) in [5, 5.41) is 0. The average Bonchev–Trinajstić information content (AvgIpc) is 2.44. The zero-order valence-corrected chi connectivity index (χ0v) is 13.3. The molecule has 2 rings (SSSR count). The SMILES string of the molecule is Nc1cccc(OCCCS(=O)c2ccccc2Br)c1. The number of halogens is 1. The Labute approximate surface area is 129 Å². The highest BCUT2D eigenvalue weighted by atomic mass is 79.9. The van der Waals surface area contributed by atoms with E-state index in [4.69, 9.17) is 10.5 Å². The van der Waals surface area contributed by atoms with E-state index in [0.717, 1.165) is 21.5 Å². The molecule has 2 aromatic carbocycles. The molecule has 3 nitrogen and oxygen atoms in total. The van der Waals surface area contributed by atoms with Crippen molar-refractivity contribution >= 4 is 32.4 Å². The van der Waals surface area contributed by atoms with Crippen LogP contribution in [0.2, 0.25) is 0 Å². The summed E-state index contributed by atoms with van der Waals surface area (Å²) in [5.74, 6) is 1.32. The molecule has 0 amide bonds. The summed E-state index contributed by atoms with van der Waals surface area (Å²) in [6.07, 6.45) is 0.725. The average molecular weight is 354 g/mol. The van der Waals surface area contributed by atoms with E-state index in [0.29, 0.717) is 18.0 Å². The monoisotopic (exact) mass is 353 g/mol. The summed E-state index contributed by atoms with van der Waals surface area (Å²) in [6.45, 7) is 0.527. The Morgan fingerprint density at radius 3 is 2.70 bits per heavy atom. The first-order valence-electron chi connectivity index (χ1n) is 6.28. The molecule has 0 aliphatic rings. The van der Waals surface area contributed by atoms with Gasteiger partial charge in [-0.25, -0.2) is 0 Å². The second-order valence-corrected chi connectivity index (χ2v) is 6.65. The Balaban J connectivity index is 1.79. The van der Waals surface area contributed by atoms with Gasteiger partial charge in [0.25, 0.3) is 0 Å². The summed E-state index contributed by atoms with van der Waals surface area (Å²) < 4.78 is 18.6. The van der Waals surface area contributed by atoms with Gasteiger partial charge in [-0.05, 0) is 46.6 Å². The predicted molar refractivity (Wildman–Crippen MR) is 86.4 cm³/mol. The molecule has 1 atom stereocenters. The van der Waals surface area contributed by atoms with Crippen molar-refractivity contribution in [3.05, 3.63) is 53.0 Å². The summed E-state index contributed by atoms with van der Waals surface area (Å²) >= 11 is 3.41. The summed E-state index contributed by atoms with van der Waals surface area (Å²) in [4.78, 5) is 0.830. The normalized spacial score (nSPS) is 12.1. The third-order valence-corrected chi connectivity index (χ3v) is 5.14. The van der Waals surface area contributed by atoms with Crippen molar-refractivity contribution in [2.24, 2.45) is 0 Å². The van der Waals surface area contributed by atoms with Crippen LogP contribution < -0.4 is 10.5 Å². The van der Waals surface area contributed by atoms with Gasteiger partial charge in [-0.1, -0.05) is 18.2 Å². The lowest BCUT2D eigenvalue weighted by Crippen LogP contribution is -2.05. The van der Waals surface area contributed by atoms with E-state index in [1.165, 1.54) is 0 Å². The van der Waals surface area contributed by atoms with Gasteiger partial charge in [-0.15, -0.1) is 0 Å². The molecule has 2 aromatic rings. The van der Waals surface area contributed by atoms with Gasteiger partial charge in [0.15, 0.2) is 0 Å². The van der Waals surface area contributed by atoms with Crippen molar-refractivity contribution in [3.63, 3.8) is 0 Å². The smallest absolute Gasteiger partial charge is 0.121 e. The zero-order valence-electron chi connectivity index (χ0n) is 10.9. The highest BCUT2D eigenvalue weighted by molar-refractivity contribution is 9.10. The fraction of sp³-hybridized carbons (Fsp3) is 0.200. The lowest BCUT2D eigenvalue weighted by Gasteiger charge is -2.07. The summed E-state index contributed by atoms with van der Waals surface area (Å²) in [5.41, 5.74) is 6.35. The van der Waals surface area contributed by atoms with E-state index in [1.54, 1.807) is 6.07 Å². The molecule has 0 radical (unpaired) electrons. The lowest BCUT2D eigenvalue weighted by molar-refractivity contribution is 0.318. The van der Waals surface area contributed by atoms with Gasteiger partial charge in [0.05, 0.1) is 22.3 Å². The minimum Gasteiger partial charge on any atom is -0.493 e. The molecule has 0 aliphatic heterocycles. The van der Waals surface area contributed by atoms with E-state index in [9.17, 15) is 4.21 Å². The van der Waals surface area contributed by atoms with E-state index in [1.807, 2.05) is 42.5 Å². The van der Waals surface area contributed by atoms with Crippen LogP contribution in [0.15, 0.2) is 57.9 Å². The highest BCUT2D eigenvalue weighted by Crippen LogP contribution is 2.20. The number of hydrogen-bond acceptors (Lipinski definition) is 3. The maximum Gasteiger partial charge on any atom is 0.121 e. The van der Waals surface area contributed by atoms with Gasteiger partial charge in [0.1, 0.15) is 5.75 Å². The van der Waals surface area contributed by atoms with Gasteiger partial charge in [0.2, 0.25) is 0 Å². The molecule has 0 bridgehead atoms. The molecule has 0 saturated heterocycles. The molecular formula is C15H16BrNO2S. The van der Waals surface area contributed by atoms with Crippen molar-refractivity contribution in [2.45, 2.75) is 11.3 Å². The van der Waals surface area contributed by atoms with Crippen LogP contribution in [0.5, 0.6) is 5.75 Å². The van der Waals surface area contributed by atoms with E-state index in [-0.39, 0.29) is 0 Å². The second kappa shape index (κ2) is 7.45. The van der Waals surface area contributed by atoms with Crippen LogP contribution in [0.3, 0.4) is 0 Å². The van der Waals surface area contributed by atoms with Crippen LogP contribution in [0.1, 0.15) is 6.42 Å². The second-order valence-electron chi connectivity index (χ2n) is 4.25. The summed E-state index contributed by atoms with van der Waals surface area (Å²) in [6, 6.07) is 14.9. The van der Waals surface area contributed by atoms with Crippen molar-refractivity contribution in [1.82, 2.24) is 0 Å². The van der Waals surface area contributed by atoms with Crippen LogP contribution in [-0.4, -0.2) is 16.6 Å². The fourth-order valence-corrected chi connectivity index (χ4v) is 3.67. The minimum absolute atomic E-state index is 0.527. The first-order chi connectivity index (χ1) is 9.66. The molecule has 1 unspecified atom stereocenters. The van der Waals surface area contributed by atoms with Gasteiger partial charge in [-0.2, -0.15) is 0 Å². The van der Waals surface area contributed by atoms with Crippen LogP contribution in [0.25, 0.3) is 0 Å². The Bertz CT molecular complexity index is 604. The minimum atomic E-state index is -1.01. The van der Waals surface area contributed by atoms with Crippen molar-refractivity contribution < 1.29 is 8.95 Å². The third-order valence-electron chi connectivity index (χ3n) is 2.68. The van der Waals surface area contributed by atoms with Crippen LogP contribution in [0, 0.1) is 0 Å². The topological polar surface area (TPSA) is 52.3 Å². The lowest BCUT2D eigenvalue weighted by atomic mass is 10.3. The maximum absolute atomic E-state index is 12.1. The zero-order chi connectivity index (χ0) is 14.4. The summed E-state index contributed by atoms with van der Waals surface area (Å²) in [7, 11) is -1.01. The van der Waals surface area contributed by atoms with E-state index < -0.39 is 10.8 Å². The Morgan fingerprint density at radius 2 is 1.95 bits per heavy atom.